The number of rotatable bonds is 5. The molecule has 2 aromatic rings. The van der Waals surface area contributed by atoms with Crippen LogP contribution in [0.15, 0.2) is 39.7 Å². The number of aliphatic imine (C=N–C) groups is 1. The molecular weight excluding hydrogens is 250 g/mol. The van der Waals surface area contributed by atoms with Gasteiger partial charge in [0, 0.05) is 24.9 Å². The van der Waals surface area contributed by atoms with Crippen molar-refractivity contribution in [3.05, 3.63) is 36.1 Å². The number of nitrogens with zero attached hydrogens (tertiary/aromatic N) is 1. The lowest BCUT2D eigenvalue weighted by Gasteiger charge is -2.23. The van der Waals surface area contributed by atoms with E-state index in [0.717, 1.165) is 42.2 Å². The molecule has 106 valence electrons. The first-order valence-electron chi connectivity index (χ1n) is 7.32. The quantitative estimate of drug-likeness (QED) is 0.649. The number of nitrogens with one attached hydrogen (secondary N) is 1. The molecule has 0 radical (unpaired) electrons. The monoisotopic (exact) mass is 271 g/mol. The van der Waals surface area contributed by atoms with E-state index in [4.69, 9.17) is 10.2 Å². The summed E-state index contributed by atoms with van der Waals surface area (Å²) in [4.78, 5) is 4.37. The van der Waals surface area contributed by atoms with Crippen molar-refractivity contribution in [3.8, 4) is 0 Å². The highest BCUT2D eigenvalue weighted by Gasteiger charge is 2.16. The van der Waals surface area contributed by atoms with Gasteiger partial charge in [-0.1, -0.05) is 24.6 Å². The third-order valence-electron chi connectivity index (χ3n) is 3.90. The lowest BCUT2D eigenvalue weighted by molar-refractivity contribution is 0.326. The summed E-state index contributed by atoms with van der Waals surface area (Å²) >= 11 is 0. The zero-order valence-corrected chi connectivity index (χ0v) is 11.6. The summed E-state index contributed by atoms with van der Waals surface area (Å²) in [5.74, 6) is 2.28. The molecule has 1 aromatic heterocycles. The maximum absolute atomic E-state index is 5.85. The third kappa shape index (κ3) is 3.13. The van der Waals surface area contributed by atoms with E-state index in [9.17, 15) is 0 Å². The van der Waals surface area contributed by atoms with Crippen LogP contribution in [-0.2, 0) is 6.42 Å². The van der Waals surface area contributed by atoms with Gasteiger partial charge in [0.1, 0.15) is 11.3 Å². The molecule has 4 nitrogen and oxygen atoms in total. The predicted octanol–water partition coefficient (Wildman–Crippen LogP) is 2.68. The van der Waals surface area contributed by atoms with Gasteiger partial charge in [0.25, 0.3) is 0 Å². The molecule has 1 aromatic carbocycles. The van der Waals surface area contributed by atoms with E-state index in [1.54, 1.807) is 0 Å². The van der Waals surface area contributed by atoms with E-state index >= 15 is 0 Å². The van der Waals surface area contributed by atoms with Crippen LogP contribution in [0.4, 0.5) is 0 Å². The lowest BCUT2D eigenvalue weighted by Crippen LogP contribution is -2.34. The molecule has 3 N–H and O–H groups in total. The molecule has 0 saturated heterocycles. The van der Waals surface area contributed by atoms with Crippen LogP contribution < -0.4 is 11.1 Å². The van der Waals surface area contributed by atoms with E-state index < -0.39 is 0 Å². The van der Waals surface area contributed by atoms with E-state index in [0.29, 0.717) is 5.96 Å². The molecule has 0 unspecified atom stereocenters. The number of fused-ring (bicyclic) bond motifs is 1. The minimum absolute atomic E-state index is 0.549. The van der Waals surface area contributed by atoms with E-state index in [1.807, 2.05) is 18.2 Å². The first-order chi connectivity index (χ1) is 9.81. The van der Waals surface area contributed by atoms with Gasteiger partial charge in [-0.15, -0.1) is 0 Å². The van der Waals surface area contributed by atoms with Crippen LogP contribution >= 0.6 is 0 Å². The summed E-state index contributed by atoms with van der Waals surface area (Å²) in [6, 6.07) is 10.1. The summed E-state index contributed by atoms with van der Waals surface area (Å²) in [7, 11) is 0. The average Bonchev–Trinajstić information content (AvgIpc) is 2.79. The van der Waals surface area contributed by atoms with Crippen LogP contribution in [0.1, 0.15) is 25.0 Å². The second-order valence-electron chi connectivity index (χ2n) is 5.45. The normalized spacial score (nSPS) is 16.3. The van der Waals surface area contributed by atoms with Gasteiger partial charge in [-0.05, 0) is 30.9 Å². The first kappa shape index (κ1) is 13.0. The average molecular weight is 271 g/mol. The van der Waals surface area contributed by atoms with E-state index in [2.05, 4.69) is 22.4 Å². The van der Waals surface area contributed by atoms with Crippen molar-refractivity contribution in [2.75, 3.05) is 13.1 Å². The van der Waals surface area contributed by atoms with Gasteiger partial charge in [-0.3, -0.25) is 4.99 Å². The second kappa shape index (κ2) is 5.99. The van der Waals surface area contributed by atoms with Gasteiger partial charge in [-0.25, -0.2) is 0 Å². The minimum Gasteiger partial charge on any atom is -0.461 e. The molecule has 0 spiro atoms. The molecule has 3 rings (SSSR count). The Morgan fingerprint density at radius 3 is 2.95 bits per heavy atom. The summed E-state index contributed by atoms with van der Waals surface area (Å²) in [6.07, 6.45) is 4.76. The first-order valence-corrected chi connectivity index (χ1v) is 7.32. The Labute approximate surface area is 119 Å². The molecule has 1 heterocycles. The summed E-state index contributed by atoms with van der Waals surface area (Å²) in [6.45, 7) is 1.61. The Bertz CT molecular complexity index is 566. The molecule has 4 heteroatoms. The standard InChI is InChI=1S/C16H21N3O/c17-16(19-11-12-4-3-5-12)18-9-8-14-10-13-6-1-2-7-15(13)20-14/h1-2,6-7,10,12H,3-5,8-9,11H2,(H3,17,18,19). The van der Waals surface area contributed by atoms with Crippen LogP contribution in [0.25, 0.3) is 11.0 Å². The molecule has 0 aliphatic heterocycles. The van der Waals surface area contributed by atoms with Gasteiger partial charge in [0.2, 0.25) is 0 Å². The van der Waals surface area contributed by atoms with Crippen LogP contribution in [0, 0.1) is 5.92 Å². The zero-order chi connectivity index (χ0) is 13.8. The van der Waals surface area contributed by atoms with Crippen LogP contribution in [0.3, 0.4) is 0 Å². The number of hydrogen-bond acceptors (Lipinski definition) is 2. The molecule has 0 amide bonds. The Balaban J connectivity index is 1.46. The summed E-state index contributed by atoms with van der Waals surface area (Å²) in [5.41, 5.74) is 6.79. The maximum Gasteiger partial charge on any atom is 0.188 e. The second-order valence-corrected chi connectivity index (χ2v) is 5.45. The molecule has 1 saturated carbocycles. The van der Waals surface area contributed by atoms with Crippen molar-refractivity contribution in [3.63, 3.8) is 0 Å². The fourth-order valence-electron chi connectivity index (χ4n) is 2.43. The van der Waals surface area contributed by atoms with Crippen LogP contribution in [0.2, 0.25) is 0 Å². The van der Waals surface area contributed by atoms with E-state index in [-0.39, 0.29) is 0 Å². The fraction of sp³-hybridized carbons (Fsp3) is 0.438. The number of furan rings is 1. The van der Waals surface area contributed by atoms with Crippen molar-refractivity contribution in [1.29, 1.82) is 0 Å². The van der Waals surface area contributed by atoms with Crippen molar-refractivity contribution in [2.24, 2.45) is 16.6 Å². The number of guanidine groups is 1. The van der Waals surface area contributed by atoms with Crippen molar-refractivity contribution < 1.29 is 4.42 Å². The Hall–Kier alpha value is -1.97. The Morgan fingerprint density at radius 2 is 2.20 bits per heavy atom. The summed E-state index contributed by atoms with van der Waals surface area (Å²) < 4.78 is 5.75. The van der Waals surface area contributed by atoms with Crippen molar-refractivity contribution in [1.82, 2.24) is 5.32 Å². The third-order valence-corrected chi connectivity index (χ3v) is 3.90. The Kier molecular flexibility index (Phi) is 3.90. The van der Waals surface area contributed by atoms with Gasteiger partial charge in [-0.2, -0.15) is 0 Å². The predicted molar refractivity (Wildman–Crippen MR) is 81.8 cm³/mol. The van der Waals surface area contributed by atoms with Gasteiger partial charge >= 0.3 is 0 Å². The minimum atomic E-state index is 0.549. The number of benzene rings is 1. The highest BCUT2D eigenvalue weighted by atomic mass is 16.3. The van der Waals surface area contributed by atoms with Crippen molar-refractivity contribution >= 4 is 16.9 Å². The lowest BCUT2D eigenvalue weighted by atomic mass is 9.86. The molecule has 0 bridgehead atoms. The smallest absolute Gasteiger partial charge is 0.188 e. The highest BCUT2D eigenvalue weighted by Crippen LogP contribution is 2.26. The number of hydrogen-bond donors (Lipinski definition) is 2. The highest BCUT2D eigenvalue weighted by molar-refractivity contribution is 5.78. The van der Waals surface area contributed by atoms with E-state index in [1.165, 1.54) is 19.3 Å². The zero-order valence-electron chi connectivity index (χ0n) is 11.6. The maximum atomic E-state index is 5.85. The SMILES string of the molecule is NC(=NCC1CCC1)NCCc1cc2ccccc2o1. The molecule has 0 atom stereocenters. The molecule has 1 fully saturated rings. The van der Waals surface area contributed by atoms with Crippen LogP contribution in [-0.4, -0.2) is 19.0 Å². The Morgan fingerprint density at radius 1 is 1.35 bits per heavy atom. The molecular formula is C16H21N3O. The molecule has 1 aliphatic rings. The topological polar surface area (TPSA) is 63.5 Å². The van der Waals surface area contributed by atoms with Crippen LogP contribution in [0.5, 0.6) is 0 Å². The fourth-order valence-corrected chi connectivity index (χ4v) is 2.43. The van der Waals surface area contributed by atoms with Gasteiger partial charge in [0.15, 0.2) is 5.96 Å². The number of para-hydroxylation sites is 1. The molecule has 1 aliphatic carbocycles. The van der Waals surface area contributed by atoms with Crippen molar-refractivity contribution in [2.45, 2.75) is 25.7 Å². The number of nitrogens with two attached hydrogens (primary N) is 1. The van der Waals surface area contributed by atoms with Gasteiger partial charge < -0.3 is 15.5 Å². The van der Waals surface area contributed by atoms with Gasteiger partial charge in [0.05, 0.1) is 0 Å². The summed E-state index contributed by atoms with van der Waals surface area (Å²) in [5, 5.41) is 4.29. The largest absolute Gasteiger partial charge is 0.461 e. The molecule has 20 heavy (non-hydrogen) atoms.